The van der Waals surface area contributed by atoms with Crippen LogP contribution in [0.3, 0.4) is 0 Å². The third-order valence-electron chi connectivity index (χ3n) is 5.42. The summed E-state index contributed by atoms with van der Waals surface area (Å²) in [5.41, 5.74) is 3.74. The molecule has 1 amide bonds. The standard InChI is InChI=1S/C21H25N3O3/c1-2-6-16(13-22-26)21(25)24-10-5-9-18(24)20-23-17-11-14-7-3-4-8-15(14)12-19(17)27-20/h3-4,7-8,11-12,16,18,22,26H,2,5-6,9-10,13H2,1H3/t16-,18+/m1/s1. The number of benzene rings is 2. The maximum atomic E-state index is 13.0. The zero-order valence-corrected chi connectivity index (χ0v) is 15.5. The van der Waals surface area contributed by atoms with Crippen LogP contribution in [0.2, 0.25) is 0 Å². The summed E-state index contributed by atoms with van der Waals surface area (Å²) in [7, 11) is 0. The first kappa shape index (κ1) is 17.9. The van der Waals surface area contributed by atoms with E-state index in [-0.39, 0.29) is 24.4 Å². The smallest absolute Gasteiger partial charge is 0.227 e. The predicted molar refractivity (Wildman–Crippen MR) is 103 cm³/mol. The Bertz CT molecular complexity index is 894. The van der Waals surface area contributed by atoms with E-state index in [1.165, 1.54) is 0 Å². The van der Waals surface area contributed by atoms with E-state index in [4.69, 9.17) is 14.6 Å². The third kappa shape index (κ3) is 3.42. The number of fused-ring (bicyclic) bond motifs is 2. The van der Waals surface area contributed by atoms with E-state index in [0.29, 0.717) is 12.4 Å². The molecular weight excluding hydrogens is 342 g/mol. The fourth-order valence-corrected chi connectivity index (χ4v) is 4.07. The van der Waals surface area contributed by atoms with Crippen LogP contribution in [0.4, 0.5) is 0 Å². The van der Waals surface area contributed by atoms with Crippen molar-refractivity contribution in [2.45, 2.75) is 38.6 Å². The second-order valence-corrected chi connectivity index (χ2v) is 7.26. The summed E-state index contributed by atoms with van der Waals surface area (Å²) in [6.45, 7) is 3.02. The first-order valence-electron chi connectivity index (χ1n) is 9.68. The van der Waals surface area contributed by atoms with E-state index < -0.39 is 0 Å². The molecule has 0 unspecified atom stereocenters. The lowest BCUT2D eigenvalue weighted by Crippen LogP contribution is -2.39. The van der Waals surface area contributed by atoms with Crippen LogP contribution in [0.15, 0.2) is 40.8 Å². The number of nitrogens with zero attached hydrogens (tertiary/aromatic N) is 2. The van der Waals surface area contributed by atoms with Gasteiger partial charge < -0.3 is 14.5 Å². The van der Waals surface area contributed by atoms with Crippen LogP contribution in [0, 0.1) is 5.92 Å². The zero-order valence-electron chi connectivity index (χ0n) is 15.5. The first-order chi connectivity index (χ1) is 13.2. The molecule has 0 spiro atoms. The number of carbonyl (C=O) groups excluding carboxylic acids is 1. The Hall–Kier alpha value is -2.44. The van der Waals surface area contributed by atoms with Gasteiger partial charge >= 0.3 is 0 Å². The molecule has 0 radical (unpaired) electrons. The van der Waals surface area contributed by atoms with Crippen molar-refractivity contribution in [2.24, 2.45) is 5.92 Å². The number of hydrogen-bond donors (Lipinski definition) is 2. The van der Waals surface area contributed by atoms with Crippen molar-refractivity contribution in [1.82, 2.24) is 15.4 Å². The molecular formula is C21H25N3O3. The van der Waals surface area contributed by atoms with Gasteiger partial charge in [0.2, 0.25) is 11.8 Å². The van der Waals surface area contributed by atoms with Gasteiger partial charge in [0.25, 0.3) is 0 Å². The summed E-state index contributed by atoms with van der Waals surface area (Å²) in [6, 6.07) is 12.0. The van der Waals surface area contributed by atoms with Gasteiger partial charge in [0.05, 0.1) is 5.92 Å². The number of aromatic nitrogens is 1. The van der Waals surface area contributed by atoms with Crippen LogP contribution < -0.4 is 5.48 Å². The number of hydrogen-bond acceptors (Lipinski definition) is 5. The lowest BCUT2D eigenvalue weighted by molar-refractivity contribution is -0.137. The number of hydroxylamine groups is 1. The van der Waals surface area contributed by atoms with E-state index in [1.807, 2.05) is 36.1 Å². The maximum Gasteiger partial charge on any atom is 0.227 e. The van der Waals surface area contributed by atoms with Crippen LogP contribution in [0.1, 0.15) is 44.5 Å². The molecule has 1 saturated heterocycles. The molecule has 1 fully saturated rings. The van der Waals surface area contributed by atoms with Crippen molar-refractivity contribution < 1.29 is 14.4 Å². The highest BCUT2D eigenvalue weighted by Gasteiger charge is 2.36. The lowest BCUT2D eigenvalue weighted by atomic mass is 10.0. The zero-order chi connectivity index (χ0) is 18.8. The minimum atomic E-state index is -0.229. The Labute approximate surface area is 158 Å². The molecule has 3 aromatic rings. The van der Waals surface area contributed by atoms with Crippen LogP contribution in [-0.2, 0) is 4.79 Å². The molecule has 2 aromatic carbocycles. The molecule has 2 N–H and O–H groups in total. The molecule has 1 aromatic heterocycles. The second-order valence-electron chi connectivity index (χ2n) is 7.26. The second kappa shape index (κ2) is 7.66. The maximum absolute atomic E-state index is 13.0. The Kier molecular flexibility index (Phi) is 5.09. The Morgan fingerprint density at radius 2 is 2.15 bits per heavy atom. The molecule has 2 heterocycles. The van der Waals surface area contributed by atoms with Gasteiger partial charge in [0.15, 0.2) is 5.58 Å². The fourth-order valence-electron chi connectivity index (χ4n) is 4.07. The van der Waals surface area contributed by atoms with Gasteiger partial charge in [0.1, 0.15) is 11.6 Å². The number of amides is 1. The normalized spacial score (nSPS) is 18.4. The van der Waals surface area contributed by atoms with Gasteiger partial charge in [-0.15, -0.1) is 0 Å². The molecule has 0 saturated carbocycles. The van der Waals surface area contributed by atoms with Gasteiger partial charge in [-0.3, -0.25) is 4.79 Å². The lowest BCUT2D eigenvalue weighted by Gasteiger charge is -2.27. The number of nitrogens with one attached hydrogen (secondary N) is 1. The topological polar surface area (TPSA) is 78.6 Å². The minimum Gasteiger partial charge on any atom is -0.438 e. The Morgan fingerprint density at radius 3 is 2.89 bits per heavy atom. The fraction of sp³-hybridized carbons (Fsp3) is 0.429. The summed E-state index contributed by atoms with van der Waals surface area (Å²) < 4.78 is 6.07. The van der Waals surface area contributed by atoms with Crippen molar-refractivity contribution in [2.75, 3.05) is 13.1 Å². The van der Waals surface area contributed by atoms with Crippen LogP contribution in [0.5, 0.6) is 0 Å². The van der Waals surface area contributed by atoms with Gasteiger partial charge in [-0.2, -0.15) is 0 Å². The van der Waals surface area contributed by atoms with E-state index in [0.717, 1.165) is 47.6 Å². The van der Waals surface area contributed by atoms with Gasteiger partial charge in [-0.25, -0.2) is 10.5 Å². The summed E-state index contributed by atoms with van der Waals surface area (Å²) in [6.07, 6.45) is 3.42. The average Bonchev–Trinajstić information content (AvgIpc) is 3.31. The monoisotopic (exact) mass is 367 g/mol. The quantitative estimate of drug-likeness (QED) is 0.643. The summed E-state index contributed by atoms with van der Waals surface area (Å²) >= 11 is 0. The summed E-state index contributed by atoms with van der Waals surface area (Å²) in [5, 5.41) is 11.3. The third-order valence-corrected chi connectivity index (χ3v) is 5.42. The van der Waals surface area contributed by atoms with E-state index in [9.17, 15) is 4.79 Å². The Balaban J connectivity index is 1.64. The summed E-state index contributed by atoms with van der Waals surface area (Å²) in [4.78, 5) is 19.6. The van der Waals surface area contributed by atoms with Crippen LogP contribution >= 0.6 is 0 Å². The molecule has 0 bridgehead atoms. The van der Waals surface area contributed by atoms with E-state index in [1.54, 1.807) is 0 Å². The van der Waals surface area contributed by atoms with E-state index in [2.05, 4.69) is 17.6 Å². The van der Waals surface area contributed by atoms with Gasteiger partial charge in [-0.05, 0) is 42.2 Å². The minimum absolute atomic E-state index is 0.0633. The van der Waals surface area contributed by atoms with Crippen LogP contribution in [0.25, 0.3) is 21.9 Å². The van der Waals surface area contributed by atoms with Crippen LogP contribution in [-0.4, -0.2) is 34.1 Å². The largest absolute Gasteiger partial charge is 0.438 e. The number of rotatable bonds is 6. The molecule has 27 heavy (non-hydrogen) atoms. The van der Waals surface area contributed by atoms with Crippen molar-refractivity contribution in [3.05, 3.63) is 42.3 Å². The van der Waals surface area contributed by atoms with Gasteiger partial charge in [-0.1, -0.05) is 37.6 Å². The predicted octanol–water partition coefficient (Wildman–Crippen LogP) is 4.04. The molecule has 142 valence electrons. The molecule has 2 atom stereocenters. The highest BCUT2D eigenvalue weighted by Crippen LogP contribution is 2.35. The van der Waals surface area contributed by atoms with Crippen molar-refractivity contribution in [3.63, 3.8) is 0 Å². The molecule has 4 rings (SSSR count). The Morgan fingerprint density at radius 1 is 1.37 bits per heavy atom. The van der Waals surface area contributed by atoms with Crippen molar-refractivity contribution in [1.29, 1.82) is 0 Å². The van der Waals surface area contributed by atoms with Gasteiger partial charge in [0, 0.05) is 13.1 Å². The van der Waals surface area contributed by atoms with Crippen molar-refractivity contribution >= 4 is 27.8 Å². The molecule has 6 heteroatoms. The number of oxazole rings is 1. The summed E-state index contributed by atoms with van der Waals surface area (Å²) in [5.74, 6) is 0.444. The highest BCUT2D eigenvalue weighted by atomic mass is 16.5. The average molecular weight is 367 g/mol. The first-order valence-corrected chi connectivity index (χ1v) is 9.68. The molecule has 6 nitrogen and oxygen atoms in total. The number of carbonyl (C=O) groups is 1. The van der Waals surface area contributed by atoms with E-state index >= 15 is 0 Å². The highest BCUT2D eigenvalue weighted by molar-refractivity contribution is 5.94. The van der Waals surface area contributed by atoms with Crippen molar-refractivity contribution in [3.8, 4) is 0 Å². The molecule has 0 aliphatic carbocycles. The molecule has 1 aliphatic heterocycles. The molecule has 1 aliphatic rings. The SMILES string of the molecule is CCC[C@H](CNO)C(=O)N1CCC[C@H]1c1nc2cc3ccccc3cc2o1. The number of likely N-dealkylation sites (tertiary alicyclic amines) is 1.